The Morgan fingerprint density at radius 3 is 2.30 bits per heavy atom. The van der Waals surface area contributed by atoms with Gasteiger partial charge >= 0.3 is 11.9 Å². The smallest absolute Gasteiger partial charge is 0.358 e. The highest BCUT2D eigenvalue weighted by Gasteiger charge is 2.25. The van der Waals surface area contributed by atoms with Gasteiger partial charge in [-0.15, -0.1) is 10.2 Å². The molecule has 0 spiro atoms. The summed E-state index contributed by atoms with van der Waals surface area (Å²) in [5, 5.41) is 11.0. The normalized spacial score (nSPS) is 12.7. The highest BCUT2D eigenvalue weighted by molar-refractivity contribution is 7.20. The fourth-order valence-electron chi connectivity index (χ4n) is 4.83. The van der Waals surface area contributed by atoms with Gasteiger partial charge < -0.3 is 30.7 Å². The van der Waals surface area contributed by atoms with Gasteiger partial charge in [-0.2, -0.15) is 0 Å². The van der Waals surface area contributed by atoms with Crippen molar-refractivity contribution >= 4 is 72.5 Å². The van der Waals surface area contributed by atoms with E-state index in [-0.39, 0.29) is 28.9 Å². The van der Waals surface area contributed by atoms with E-state index < -0.39 is 11.9 Å². The number of hydrazine groups is 2. The molecule has 1 saturated heterocycles. The molecule has 2 aromatic heterocycles. The number of carbonyl (C=O) groups excluding carboxylic acids is 2. The third kappa shape index (κ3) is 8.12. The van der Waals surface area contributed by atoms with E-state index >= 15 is 0 Å². The summed E-state index contributed by atoms with van der Waals surface area (Å²) in [4.78, 5) is 31.3. The van der Waals surface area contributed by atoms with Crippen LogP contribution in [0.1, 0.15) is 64.9 Å². The van der Waals surface area contributed by atoms with Gasteiger partial charge in [0.2, 0.25) is 5.13 Å². The summed E-state index contributed by atoms with van der Waals surface area (Å²) >= 11 is 2.69. The van der Waals surface area contributed by atoms with Crippen LogP contribution in [-0.2, 0) is 15.9 Å². The molecule has 0 atom stereocenters. The lowest BCUT2D eigenvalue weighted by molar-refractivity contribution is 0.0479. The average Bonchev–Trinajstić information content (AvgIpc) is 3.84. The number of benzene rings is 2. The minimum atomic E-state index is -0.707. The number of anilines is 5. The Bertz CT molecular complexity index is 1660. The summed E-state index contributed by atoms with van der Waals surface area (Å²) < 4.78 is 10.1. The van der Waals surface area contributed by atoms with Crippen LogP contribution in [0.15, 0.2) is 58.8 Å². The molecule has 4 aromatic rings. The molecule has 4 N–H and O–H groups in total. The van der Waals surface area contributed by atoms with E-state index in [0.717, 1.165) is 64.0 Å². The summed E-state index contributed by atoms with van der Waals surface area (Å²) in [5.41, 5.74) is 18.6. The number of rotatable bonds is 14. The number of thiophene rings is 1. The van der Waals surface area contributed by atoms with Gasteiger partial charge in [0.15, 0.2) is 5.69 Å². The van der Waals surface area contributed by atoms with Gasteiger partial charge in [-0.25, -0.2) is 14.6 Å². The van der Waals surface area contributed by atoms with Crippen molar-refractivity contribution < 1.29 is 19.1 Å². The van der Waals surface area contributed by atoms with E-state index in [1.165, 1.54) is 17.8 Å². The number of ether oxygens (including phenoxy) is 2. The van der Waals surface area contributed by atoms with Crippen LogP contribution in [0.5, 0.6) is 0 Å². The fraction of sp³-hybridized carbons (Fsp3) is 0.344. The lowest BCUT2D eigenvalue weighted by Gasteiger charge is -2.16. The zero-order chi connectivity index (χ0) is 32.5. The molecule has 46 heavy (non-hydrogen) atoms. The van der Waals surface area contributed by atoms with Crippen molar-refractivity contribution in [2.75, 3.05) is 52.9 Å². The van der Waals surface area contributed by atoms with Gasteiger partial charge in [-0.05, 0) is 99.7 Å². The fourth-order valence-corrected chi connectivity index (χ4v) is 6.51. The van der Waals surface area contributed by atoms with Crippen molar-refractivity contribution in [1.29, 1.82) is 0 Å². The summed E-state index contributed by atoms with van der Waals surface area (Å²) in [6.07, 6.45) is 3.38. The van der Waals surface area contributed by atoms with Crippen LogP contribution >= 0.6 is 22.7 Å². The molecule has 0 aliphatic carbocycles. The zero-order valence-electron chi connectivity index (χ0n) is 26.3. The van der Waals surface area contributed by atoms with Gasteiger partial charge in [0.05, 0.1) is 41.0 Å². The molecule has 242 valence electrons. The molecule has 1 aliphatic rings. The SMILES string of the molecule is CCOC(=O)c1nc(N=Nc2ccc(NNc3ccc(NNc4ccc(N5CCCC5)s4)cc3CC)cc2C)sc1C(=O)OCC. The molecule has 0 amide bonds. The molecule has 3 heterocycles. The molecule has 12 nitrogen and oxygen atoms in total. The number of hydrogen-bond acceptors (Lipinski definition) is 14. The number of esters is 2. The number of aryl methyl sites for hydroxylation is 2. The molecule has 14 heteroatoms. The van der Waals surface area contributed by atoms with Crippen molar-refractivity contribution in [2.45, 2.75) is 47.0 Å². The Hall–Kier alpha value is -4.69. The van der Waals surface area contributed by atoms with Crippen LogP contribution in [0.4, 0.5) is 37.9 Å². The molecule has 0 bridgehead atoms. The number of nitrogens with one attached hydrogen (secondary N) is 4. The maximum absolute atomic E-state index is 12.3. The van der Waals surface area contributed by atoms with E-state index in [1.807, 2.05) is 37.3 Å². The maximum Gasteiger partial charge on any atom is 0.358 e. The molecular weight excluding hydrogens is 625 g/mol. The van der Waals surface area contributed by atoms with Crippen molar-refractivity contribution in [3.8, 4) is 0 Å². The monoisotopic (exact) mass is 662 g/mol. The summed E-state index contributed by atoms with van der Waals surface area (Å²) in [5.74, 6) is -1.36. The third-order valence-electron chi connectivity index (χ3n) is 7.15. The number of hydrogen-bond donors (Lipinski definition) is 4. The Kier molecular flexibility index (Phi) is 11.0. The Morgan fingerprint density at radius 2 is 1.57 bits per heavy atom. The number of carbonyl (C=O) groups is 2. The second-order valence-corrected chi connectivity index (χ2v) is 12.4. The minimum absolute atomic E-state index is 0.0390. The minimum Gasteiger partial charge on any atom is -0.462 e. The van der Waals surface area contributed by atoms with Crippen LogP contribution in [-0.4, -0.2) is 43.2 Å². The van der Waals surface area contributed by atoms with E-state index in [9.17, 15) is 9.59 Å². The van der Waals surface area contributed by atoms with E-state index in [4.69, 9.17) is 9.47 Å². The first kappa shape index (κ1) is 32.7. The average molecular weight is 663 g/mol. The van der Waals surface area contributed by atoms with Crippen LogP contribution in [0.2, 0.25) is 0 Å². The van der Waals surface area contributed by atoms with Gasteiger partial charge in [0.1, 0.15) is 9.88 Å². The molecule has 5 rings (SSSR count). The molecule has 0 unspecified atom stereocenters. The highest BCUT2D eigenvalue weighted by atomic mass is 32.1. The molecule has 0 saturated carbocycles. The number of nitrogens with zero attached hydrogens (tertiary/aromatic N) is 4. The molecule has 2 aromatic carbocycles. The maximum atomic E-state index is 12.3. The van der Waals surface area contributed by atoms with E-state index in [2.05, 4.69) is 66.9 Å². The molecule has 0 radical (unpaired) electrons. The van der Waals surface area contributed by atoms with Gasteiger partial charge in [-0.1, -0.05) is 29.6 Å². The summed E-state index contributed by atoms with van der Waals surface area (Å²) in [6.45, 7) is 10.00. The quantitative estimate of drug-likeness (QED) is 0.0591. The summed E-state index contributed by atoms with van der Waals surface area (Å²) in [7, 11) is 0. The summed E-state index contributed by atoms with van der Waals surface area (Å²) in [6, 6.07) is 16.1. The molecular formula is C32H38N8O4S2. The standard InChI is InChI=1S/C32H38N8O4S2/c1-5-21-19-23(35-38-26-14-15-27(45-26)40-16-8-9-17-40)11-13-25(21)37-34-22-10-12-24(20(4)18-22)36-39-32-33-28(30(41)43-6-2)29(46-32)31(42)44-7-3/h10-15,18-19,34-35,37-38H,5-9,16-17H2,1-4H3. The third-order valence-corrected chi connectivity index (χ3v) is 9.13. The predicted molar refractivity (Wildman–Crippen MR) is 185 cm³/mol. The highest BCUT2D eigenvalue weighted by Crippen LogP contribution is 2.33. The van der Waals surface area contributed by atoms with Crippen molar-refractivity contribution in [3.63, 3.8) is 0 Å². The predicted octanol–water partition coefficient (Wildman–Crippen LogP) is 8.32. The lowest BCUT2D eigenvalue weighted by Crippen LogP contribution is -2.15. The zero-order valence-corrected chi connectivity index (χ0v) is 27.9. The number of azo groups is 1. The largest absolute Gasteiger partial charge is 0.462 e. The second-order valence-electron chi connectivity index (χ2n) is 10.4. The lowest BCUT2D eigenvalue weighted by atomic mass is 10.1. The van der Waals surface area contributed by atoms with Gasteiger partial charge in [0.25, 0.3) is 0 Å². The van der Waals surface area contributed by atoms with Crippen LogP contribution in [0, 0.1) is 6.92 Å². The molecule has 1 fully saturated rings. The van der Waals surface area contributed by atoms with Gasteiger partial charge in [0, 0.05) is 13.1 Å². The van der Waals surface area contributed by atoms with Crippen LogP contribution < -0.4 is 26.6 Å². The van der Waals surface area contributed by atoms with E-state index in [0.29, 0.717) is 5.69 Å². The molecule has 1 aliphatic heterocycles. The Labute approximate surface area is 276 Å². The second kappa shape index (κ2) is 15.5. The number of thiazole rings is 1. The van der Waals surface area contributed by atoms with Crippen molar-refractivity contribution in [2.24, 2.45) is 10.2 Å². The van der Waals surface area contributed by atoms with Crippen LogP contribution in [0.25, 0.3) is 0 Å². The van der Waals surface area contributed by atoms with Crippen LogP contribution in [0.3, 0.4) is 0 Å². The first-order valence-electron chi connectivity index (χ1n) is 15.3. The topological polar surface area (TPSA) is 142 Å². The van der Waals surface area contributed by atoms with Crippen molar-refractivity contribution in [1.82, 2.24) is 4.98 Å². The number of aromatic nitrogens is 1. The van der Waals surface area contributed by atoms with Gasteiger partial charge in [-0.3, -0.25) is 5.43 Å². The first-order valence-corrected chi connectivity index (χ1v) is 16.9. The van der Waals surface area contributed by atoms with E-state index in [1.54, 1.807) is 25.2 Å². The Morgan fingerprint density at radius 1 is 0.848 bits per heavy atom. The Balaban J connectivity index is 1.19. The van der Waals surface area contributed by atoms with Crippen molar-refractivity contribution in [3.05, 3.63) is 70.2 Å². The first-order chi connectivity index (χ1) is 22.4.